The van der Waals surface area contributed by atoms with Crippen molar-refractivity contribution in [3.63, 3.8) is 0 Å². The van der Waals surface area contributed by atoms with E-state index in [1.54, 1.807) is 108 Å². The Balaban J connectivity index is 1.19. The highest BCUT2D eigenvalue weighted by atomic mass is 16.6. The van der Waals surface area contributed by atoms with E-state index in [0.29, 0.717) is 156 Å². The Kier molecular flexibility index (Phi) is 37.6. The number of hydrogen-bond acceptors (Lipinski definition) is 19. The van der Waals surface area contributed by atoms with Crippen LogP contribution in [0.2, 0.25) is 0 Å². The maximum absolute atomic E-state index is 13.8. The minimum atomic E-state index is -1.07. The Morgan fingerprint density at radius 3 is 1.28 bits per heavy atom. The van der Waals surface area contributed by atoms with Crippen LogP contribution in [0.1, 0.15) is 323 Å². The lowest BCUT2D eigenvalue weighted by molar-refractivity contribution is -0.159. The first kappa shape index (κ1) is 92.7. The van der Waals surface area contributed by atoms with Crippen LogP contribution in [0.25, 0.3) is 5.69 Å². The molecule has 7 N–H and O–H groups in total. The standard InChI is InChI=1S/C80H131N15O14/c1-75(2,3)44-43-66(77(7,8)9)86-73(105)83-61(71(103)108-79(13,14)15)34-29-31-45-93-52-58(88-90-93)50-81-67(98)38-25-21-19-23-35-63(96)55-47-56(49-60(48-55)95-54-57(87-92-95)33-27-28-40-69(100)101)64(97)36-24-20-22-26-39-68(99)82-51-59-53-94(91-89-59)46-32-30-37-65(76(4,5)6)85-74(106)84-62(72(104)109-80(16,17)18)41-42-70(102)107-78(10,11)12/h47-49,52-54,61-62,65-66H,19-46,50-51H2,1-18H3,(H,81,98)(H,82,99)(H,100,101)(H2,83,86,105)(H2,84,85,106)/t61-,62-,65-,66-/m0/s1. The van der Waals surface area contributed by atoms with Gasteiger partial charge in [-0.3, -0.25) is 38.1 Å². The molecule has 0 fully saturated rings. The molecule has 0 spiro atoms. The van der Waals surface area contributed by atoms with Crippen molar-refractivity contribution in [2.75, 3.05) is 0 Å². The Morgan fingerprint density at radius 1 is 0.422 bits per heavy atom. The number of amides is 6. The van der Waals surface area contributed by atoms with E-state index in [0.717, 1.165) is 25.7 Å². The van der Waals surface area contributed by atoms with Crippen molar-refractivity contribution in [1.29, 1.82) is 0 Å². The Labute approximate surface area is 646 Å². The molecule has 4 atom stereocenters. The third-order valence-corrected chi connectivity index (χ3v) is 17.9. The number of benzene rings is 1. The number of nitrogens with one attached hydrogen (secondary N) is 6. The molecule has 109 heavy (non-hydrogen) atoms. The van der Waals surface area contributed by atoms with E-state index in [2.05, 4.69) is 104 Å². The average Bonchev–Trinajstić information content (AvgIpc) is 1.80. The summed E-state index contributed by atoms with van der Waals surface area (Å²) < 4.78 is 21.6. The molecule has 0 aliphatic rings. The zero-order valence-corrected chi connectivity index (χ0v) is 68.8. The van der Waals surface area contributed by atoms with E-state index in [4.69, 9.17) is 19.3 Å². The van der Waals surface area contributed by atoms with Crippen LogP contribution in [0.15, 0.2) is 36.8 Å². The van der Waals surface area contributed by atoms with Crippen molar-refractivity contribution in [3.8, 4) is 5.69 Å². The highest BCUT2D eigenvalue weighted by Gasteiger charge is 2.34. The summed E-state index contributed by atoms with van der Waals surface area (Å²) in [4.78, 5) is 130. The largest absolute Gasteiger partial charge is 0.481 e. The molecule has 3 heterocycles. The number of carboxylic acids is 1. The van der Waals surface area contributed by atoms with Crippen molar-refractivity contribution in [3.05, 3.63) is 65.0 Å². The van der Waals surface area contributed by atoms with Gasteiger partial charge in [0.15, 0.2) is 11.6 Å². The number of esters is 3. The first-order chi connectivity index (χ1) is 50.8. The molecule has 0 radical (unpaired) electrons. The molecule has 0 saturated heterocycles. The van der Waals surface area contributed by atoms with Gasteiger partial charge >= 0.3 is 35.9 Å². The molecular formula is C80H131N15O14. The summed E-state index contributed by atoms with van der Waals surface area (Å²) in [7, 11) is 0. The number of carbonyl (C=O) groups excluding carboxylic acids is 9. The number of aromatic nitrogens is 9. The molecule has 6 amide bonds. The number of hydrogen-bond donors (Lipinski definition) is 7. The molecule has 0 aliphatic heterocycles. The quantitative estimate of drug-likeness (QED) is 0.00935. The SMILES string of the molecule is CC(C)(C)CC[C@H](NC(=O)N[C@@H](CCCCn1cc(CNC(=O)CCCCCCC(=O)c2cc(C(=O)CCCCCCC(=O)NCc3cn(CCCC[C@H](NC(=O)N[C@@H](CCC(=O)OC(C)(C)C)C(=O)OC(C)(C)C)C(C)(C)C)nn3)cc(-n3cc(CCCCC(=O)O)nn3)c2)nn1)C(=O)OC(C)(C)C)C(C)(C)C. The van der Waals surface area contributed by atoms with E-state index >= 15 is 0 Å². The lowest BCUT2D eigenvalue weighted by atomic mass is 9.80. The number of unbranched alkanes of at least 4 members (excludes halogenated alkanes) is 9. The van der Waals surface area contributed by atoms with Gasteiger partial charge in [-0.15, -0.1) is 15.3 Å². The van der Waals surface area contributed by atoms with E-state index in [1.165, 1.54) is 4.68 Å². The van der Waals surface area contributed by atoms with E-state index in [9.17, 15) is 47.9 Å². The molecule has 0 aliphatic carbocycles. The van der Waals surface area contributed by atoms with Crippen molar-refractivity contribution in [1.82, 2.24) is 76.9 Å². The van der Waals surface area contributed by atoms with Crippen molar-refractivity contribution < 1.29 is 67.3 Å². The topological polar surface area (TPSA) is 383 Å². The normalized spacial score (nSPS) is 13.3. The molecular weight excluding hydrogens is 1390 g/mol. The maximum atomic E-state index is 13.8. The van der Waals surface area contributed by atoms with Gasteiger partial charge in [0.25, 0.3) is 0 Å². The number of carboxylic acid groups (broad SMARTS) is 1. The summed E-state index contributed by atoms with van der Waals surface area (Å²) in [5.41, 5.74) is 0.423. The second-order valence-corrected chi connectivity index (χ2v) is 35.2. The van der Waals surface area contributed by atoms with Gasteiger partial charge in [-0.25, -0.2) is 23.9 Å². The van der Waals surface area contributed by atoms with Crippen LogP contribution in [0.3, 0.4) is 0 Å². The third-order valence-electron chi connectivity index (χ3n) is 17.9. The number of Topliss-reactive ketones (excluding diaryl/α,β-unsaturated/α-hetero) is 2. The zero-order chi connectivity index (χ0) is 81.3. The fourth-order valence-corrected chi connectivity index (χ4v) is 11.8. The van der Waals surface area contributed by atoms with Crippen LogP contribution in [0.4, 0.5) is 9.59 Å². The predicted octanol–water partition coefficient (Wildman–Crippen LogP) is 13.1. The Morgan fingerprint density at radius 2 is 0.844 bits per heavy atom. The Bertz CT molecular complexity index is 3560. The van der Waals surface area contributed by atoms with Crippen LogP contribution < -0.4 is 31.9 Å². The number of rotatable bonds is 47. The molecule has 29 heteroatoms. The highest BCUT2D eigenvalue weighted by molar-refractivity contribution is 6.02. The summed E-state index contributed by atoms with van der Waals surface area (Å²) in [6.07, 6.45) is 18.5. The minimum Gasteiger partial charge on any atom is -0.481 e. The van der Waals surface area contributed by atoms with Gasteiger partial charge in [0.05, 0.1) is 43.1 Å². The van der Waals surface area contributed by atoms with Crippen molar-refractivity contribution >= 4 is 59.3 Å². The van der Waals surface area contributed by atoms with Gasteiger partial charge in [-0.2, -0.15) is 0 Å². The van der Waals surface area contributed by atoms with Gasteiger partial charge in [0, 0.05) is 74.8 Å². The number of nitrogens with zero attached hydrogens (tertiary/aromatic N) is 9. The molecule has 4 rings (SSSR count). The summed E-state index contributed by atoms with van der Waals surface area (Å²) >= 11 is 0. The molecule has 0 bridgehead atoms. The van der Waals surface area contributed by atoms with E-state index < -0.39 is 64.8 Å². The molecule has 0 saturated carbocycles. The summed E-state index contributed by atoms with van der Waals surface area (Å²) in [6, 6.07) is 1.80. The fraction of sp³-hybridized carbons (Fsp3) is 0.725. The van der Waals surface area contributed by atoms with Crippen LogP contribution in [-0.2, 0) is 75.6 Å². The van der Waals surface area contributed by atoms with Gasteiger partial charge < -0.3 is 51.2 Å². The first-order valence-corrected chi connectivity index (χ1v) is 39.3. The lowest BCUT2D eigenvalue weighted by Crippen LogP contribution is -2.53. The summed E-state index contributed by atoms with van der Waals surface area (Å²) in [6.45, 7) is 36.2. The Hall–Kier alpha value is -8.66. The van der Waals surface area contributed by atoms with E-state index in [1.807, 2.05) is 20.8 Å². The first-order valence-electron chi connectivity index (χ1n) is 39.3. The van der Waals surface area contributed by atoms with E-state index in [-0.39, 0.29) is 96.9 Å². The fourth-order valence-electron chi connectivity index (χ4n) is 11.8. The van der Waals surface area contributed by atoms with Gasteiger partial charge in [-0.05, 0) is 199 Å². The lowest BCUT2D eigenvalue weighted by Gasteiger charge is -2.34. The van der Waals surface area contributed by atoms with Gasteiger partial charge in [0.2, 0.25) is 11.8 Å². The third kappa shape index (κ3) is 40.0. The summed E-state index contributed by atoms with van der Waals surface area (Å²) in [5, 5.41) is 52.2. The predicted molar refractivity (Wildman–Crippen MR) is 415 cm³/mol. The summed E-state index contributed by atoms with van der Waals surface area (Å²) in [5.74, 6) is -3.05. The average molecular weight is 1530 g/mol. The molecule has 4 aromatic rings. The zero-order valence-electron chi connectivity index (χ0n) is 68.8. The van der Waals surface area contributed by atoms with Crippen LogP contribution in [0.5, 0.6) is 0 Å². The van der Waals surface area contributed by atoms with Gasteiger partial charge in [0.1, 0.15) is 40.3 Å². The van der Waals surface area contributed by atoms with Crippen LogP contribution >= 0.6 is 0 Å². The number of urea groups is 2. The van der Waals surface area contributed by atoms with Crippen molar-refractivity contribution in [2.45, 2.75) is 359 Å². The molecule has 29 nitrogen and oxygen atoms in total. The molecule has 0 unspecified atom stereocenters. The smallest absolute Gasteiger partial charge is 0.329 e. The monoisotopic (exact) mass is 1530 g/mol. The van der Waals surface area contributed by atoms with Crippen molar-refractivity contribution in [2.24, 2.45) is 16.2 Å². The number of aryl methyl sites for hydroxylation is 3. The second-order valence-electron chi connectivity index (χ2n) is 35.2. The number of aliphatic carboxylic acids is 1. The minimum absolute atomic E-state index is 0.00610. The molecule has 610 valence electrons. The van der Waals surface area contributed by atoms with Crippen LogP contribution in [0, 0.1) is 16.2 Å². The molecule has 1 aromatic carbocycles. The highest BCUT2D eigenvalue weighted by Crippen LogP contribution is 2.30. The second kappa shape index (κ2) is 44.3. The number of ketones is 2. The number of ether oxygens (including phenoxy) is 3. The van der Waals surface area contributed by atoms with Crippen LogP contribution in [-0.4, -0.2) is 150 Å². The number of carbonyl (C=O) groups is 10. The molecule has 3 aromatic heterocycles. The maximum Gasteiger partial charge on any atom is 0.329 e. The van der Waals surface area contributed by atoms with Gasteiger partial charge in [-0.1, -0.05) is 104 Å².